The molecule has 0 saturated carbocycles. The van der Waals surface area contributed by atoms with E-state index in [0.717, 1.165) is 37.3 Å². The molecule has 3 atom stereocenters. The molecule has 0 radical (unpaired) electrons. The lowest BCUT2D eigenvalue weighted by Gasteiger charge is -2.37. The highest BCUT2D eigenvalue weighted by molar-refractivity contribution is 5.37. The monoisotopic (exact) mass is 263 g/mol. The first kappa shape index (κ1) is 12.9. The maximum absolute atomic E-state index is 10.5. The van der Waals surface area contributed by atoms with Crippen molar-refractivity contribution in [3.8, 4) is 5.75 Å². The fourth-order valence-electron chi connectivity index (χ4n) is 2.94. The minimum absolute atomic E-state index is 0.000833. The molecule has 2 aliphatic rings. The maximum atomic E-state index is 10.5. The van der Waals surface area contributed by atoms with Gasteiger partial charge < -0.3 is 14.6 Å². The van der Waals surface area contributed by atoms with Crippen LogP contribution in [0.2, 0.25) is 0 Å². The molecule has 1 saturated heterocycles. The quantitative estimate of drug-likeness (QED) is 0.899. The van der Waals surface area contributed by atoms with Crippen LogP contribution < -0.4 is 4.74 Å². The third-order valence-electron chi connectivity index (χ3n) is 4.09. The van der Waals surface area contributed by atoms with Crippen LogP contribution in [0.3, 0.4) is 0 Å². The van der Waals surface area contributed by atoms with Crippen LogP contribution in [0, 0.1) is 0 Å². The summed E-state index contributed by atoms with van der Waals surface area (Å²) >= 11 is 0. The second kappa shape index (κ2) is 5.49. The fraction of sp³-hybridized carbons (Fsp3) is 0.600. The molecule has 104 valence electrons. The van der Waals surface area contributed by atoms with Gasteiger partial charge in [-0.25, -0.2) is 0 Å². The Balaban J connectivity index is 1.68. The maximum Gasteiger partial charge on any atom is 0.125 e. The summed E-state index contributed by atoms with van der Waals surface area (Å²) in [6.45, 7) is 2.25. The molecule has 0 spiro atoms. The summed E-state index contributed by atoms with van der Waals surface area (Å²) < 4.78 is 11.4. The van der Waals surface area contributed by atoms with Gasteiger partial charge in [0.05, 0.1) is 12.1 Å². The van der Waals surface area contributed by atoms with E-state index in [1.807, 2.05) is 31.3 Å². The number of likely N-dealkylation sites (N-methyl/N-ethyl adjacent to an activating group) is 1. The van der Waals surface area contributed by atoms with Crippen LogP contribution in [0.15, 0.2) is 24.3 Å². The van der Waals surface area contributed by atoms with Gasteiger partial charge in [0.15, 0.2) is 0 Å². The molecular weight excluding hydrogens is 242 g/mol. The molecular formula is C15H21NO3. The molecule has 4 heteroatoms. The third kappa shape index (κ3) is 2.61. The Morgan fingerprint density at radius 2 is 2.21 bits per heavy atom. The van der Waals surface area contributed by atoms with E-state index >= 15 is 0 Å². The highest BCUT2D eigenvalue weighted by Crippen LogP contribution is 2.33. The van der Waals surface area contributed by atoms with Gasteiger partial charge in [-0.3, -0.25) is 4.90 Å². The van der Waals surface area contributed by atoms with Crippen LogP contribution in [0.1, 0.15) is 24.5 Å². The third-order valence-corrected chi connectivity index (χ3v) is 4.09. The summed E-state index contributed by atoms with van der Waals surface area (Å²) in [5.74, 6) is 0.803. The Morgan fingerprint density at radius 1 is 1.37 bits per heavy atom. The zero-order chi connectivity index (χ0) is 13.2. The number of ether oxygens (including phenoxy) is 2. The zero-order valence-electron chi connectivity index (χ0n) is 11.3. The van der Waals surface area contributed by atoms with E-state index in [9.17, 15) is 5.11 Å². The van der Waals surface area contributed by atoms with Crippen molar-refractivity contribution in [2.24, 2.45) is 0 Å². The van der Waals surface area contributed by atoms with E-state index in [4.69, 9.17) is 9.47 Å². The molecule has 1 fully saturated rings. The average Bonchev–Trinajstić information content (AvgIpc) is 2.92. The molecule has 2 heterocycles. The highest BCUT2D eigenvalue weighted by atomic mass is 16.5. The van der Waals surface area contributed by atoms with Gasteiger partial charge in [0.2, 0.25) is 0 Å². The summed E-state index contributed by atoms with van der Waals surface area (Å²) in [4.78, 5) is 2.16. The molecule has 3 rings (SSSR count). The van der Waals surface area contributed by atoms with Crippen molar-refractivity contribution in [2.75, 3.05) is 26.8 Å². The van der Waals surface area contributed by atoms with Crippen molar-refractivity contribution in [2.45, 2.75) is 31.1 Å². The number of hydrogen-bond donors (Lipinski definition) is 1. The van der Waals surface area contributed by atoms with Crippen molar-refractivity contribution >= 4 is 0 Å². The average molecular weight is 263 g/mol. The number of aliphatic hydroxyl groups excluding tert-OH is 1. The van der Waals surface area contributed by atoms with Crippen molar-refractivity contribution in [3.63, 3.8) is 0 Å². The van der Waals surface area contributed by atoms with Gasteiger partial charge in [0.1, 0.15) is 18.5 Å². The lowest BCUT2D eigenvalue weighted by Crippen LogP contribution is -2.46. The van der Waals surface area contributed by atoms with E-state index in [-0.39, 0.29) is 6.04 Å². The van der Waals surface area contributed by atoms with Crippen molar-refractivity contribution < 1.29 is 14.6 Å². The van der Waals surface area contributed by atoms with Gasteiger partial charge >= 0.3 is 0 Å². The minimum Gasteiger partial charge on any atom is -0.491 e. The first-order valence-corrected chi connectivity index (χ1v) is 6.97. The molecule has 1 aromatic carbocycles. The number of fused-ring (bicyclic) bond motifs is 1. The van der Waals surface area contributed by atoms with Crippen LogP contribution in [0.5, 0.6) is 5.75 Å². The number of rotatable bonds is 3. The summed E-state index contributed by atoms with van der Waals surface area (Å²) in [6, 6.07) is 7.72. The molecule has 0 bridgehead atoms. The van der Waals surface area contributed by atoms with Crippen molar-refractivity contribution in [1.29, 1.82) is 0 Å². The number of hydrogen-bond acceptors (Lipinski definition) is 4. The van der Waals surface area contributed by atoms with E-state index in [0.29, 0.717) is 12.7 Å². The predicted octanol–water partition coefficient (Wildman–Crippen LogP) is 1.59. The molecule has 0 amide bonds. The van der Waals surface area contributed by atoms with E-state index < -0.39 is 6.10 Å². The molecule has 3 unspecified atom stereocenters. The van der Waals surface area contributed by atoms with Gasteiger partial charge in [-0.2, -0.15) is 0 Å². The fourth-order valence-corrected chi connectivity index (χ4v) is 2.94. The van der Waals surface area contributed by atoms with Crippen molar-refractivity contribution in [1.82, 2.24) is 4.90 Å². The highest BCUT2D eigenvalue weighted by Gasteiger charge is 2.33. The van der Waals surface area contributed by atoms with Gasteiger partial charge in [0.25, 0.3) is 0 Å². The topological polar surface area (TPSA) is 41.9 Å². The van der Waals surface area contributed by atoms with Gasteiger partial charge in [-0.1, -0.05) is 18.2 Å². The summed E-state index contributed by atoms with van der Waals surface area (Å²) in [5.41, 5.74) is 0.887. The molecule has 19 heavy (non-hydrogen) atoms. The number of para-hydroxylation sites is 1. The van der Waals surface area contributed by atoms with Crippen LogP contribution in [0.25, 0.3) is 0 Å². The van der Waals surface area contributed by atoms with Gasteiger partial charge in [-0.15, -0.1) is 0 Å². The first-order chi connectivity index (χ1) is 9.25. The summed E-state index contributed by atoms with van der Waals surface area (Å²) in [5, 5.41) is 10.5. The molecule has 4 nitrogen and oxygen atoms in total. The number of nitrogens with zero attached hydrogens (tertiary/aromatic N) is 1. The molecule has 0 aromatic heterocycles. The SMILES string of the molecule is CN(CC1CCCO1)C1COc2ccccc2C1O. The second-order valence-electron chi connectivity index (χ2n) is 5.44. The Hall–Kier alpha value is -1.10. The van der Waals surface area contributed by atoms with Gasteiger partial charge in [-0.05, 0) is 26.0 Å². The number of benzene rings is 1. The standard InChI is InChI=1S/C15H21NO3/c1-16(9-11-5-4-8-18-11)13-10-19-14-7-3-2-6-12(14)15(13)17/h2-3,6-7,11,13,15,17H,4-5,8-10H2,1H3. The van der Waals surface area contributed by atoms with Crippen LogP contribution >= 0.6 is 0 Å². The van der Waals surface area contributed by atoms with Gasteiger partial charge in [0, 0.05) is 18.7 Å². The smallest absolute Gasteiger partial charge is 0.125 e. The Labute approximate surface area is 113 Å². The summed E-state index contributed by atoms with van der Waals surface area (Å²) in [6.07, 6.45) is 2.07. The van der Waals surface area contributed by atoms with Crippen LogP contribution in [-0.4, -0.2) is 49.0 Å². The zero-order valence-corrected chi connectivity index (χ0v) is 11.3. The molecule has 0 aliphatic carbocycles. The van der Waals surface area contributed by atoms with E-state index in [2.05, 4.69) is 4.90 Å². The second-order valence-corrected chi connectivity index (χ2v) is 5.44. The normalized spacial score (nSPS) is 30.2. The lowest BCUT2D eigenvalue weighted by atomic mass is 9.98. The number of aliphatic hydroxyl groups is 1. The lowest BCUT2D eigenvalue weighted by molar-refractivity contribution is -0.00809. The Kier molecular flexibility index (Phi) is 3.73. The molecule has 1 N–H and O–H groups in total. The minimum atomic E-state index is -0.489. The Morgan fingerprint density at radius 3 is 3.00 bits per heavy atom. The van der Waals surface area contributed by atoms with Crippen molar-refractivity contribution in [3.05, 3.63) is 29.8 Å². The predicted molar refractivity (Wildman–Crippen MR) is 72.3 cm³/mol. The van der Waals surface area contributed by atoms with Crippen LogP contribution in [-0.2, 0) is 4.74 Å². The van der Waals surface area contributed by atoms with E-state index in [1.165, 1.54) is 0 Å². The largest absolute Gasteiger partial charge is 0.491 e. The molecule has 1 aromatic rings. The first-order valence-electron chi connectivity index (χ1n) is 6.97. The summed E-state index contributed by atoms with van der Waals surface area (Å²) in [7, 11) is 2.03. The van der Waals surface area contributed by atoms with E-state index in [1.54, 1.807) is 0 Å². The van der Waals surface area contributed by atoms with Crippen LogP contribution in [0.4, 0.5) is 0 Å². The Bertz CT molecular complexity index is 431. The molecule has 2 aliphatic heterocycles.